The summed E-state index contributed by atoms with van der Waals surface area (Å²) in [5, 5.41) is 4.74. The van der Waals surface area contributed by atoms with Crippen molar-refractivity contribution in [3.8, 4) is 0 Å². The highest BCUT2D eigenvalue weighted by molar-refractivity contribution is 6.21. The minimum Gasteiger partial charge on any atom is -0.279 e. The summed E-state index contributed by atoms with van der Waals surface area (Å²) in [5.74, 6) is 0. The Morgan fingerprint density at radius 1 is 1.13 bits per heavy atom. The Morgan fingerprint density at radius 3 is 2.47 bits per heavy atom. The fraction of sp³-hybridized carbons (Fsp3) is 0.417. The van der Waals surface area contributed by atoms with Gasteiger partial charge in [0.1, 0.15) is 0 Å². The van der Waals surface area contributed by atoms with Crippen LogP contribution >= 0.6 is 11.6 Å². The maximum absolute atomic E-state index is 6.02. The molecule has 0 atom stereocenters. The number of alkyl halides is 1. The number of hydrogen-bond donors (Lipinski definition) is 1. The molecule has 1 N–H and O–H groups in total. The third-order valence-electron chi connectivity index (χ3n) is 2.61. The van der Waals surface area contributed by atoms with Gasteiger partial charge in [0.2, 0.25) is 0 Å². The normalized spacial score (nSPS) is 21.1. The van der Waals surface area contributed by atoms with Crippen LogP contribution in [0, 0.1) is 0 Å². The van der Waals surface area contributed by atoms with Crippen molar-refractivity contribution in [1.29, 1.82) is 0 Å². The Hall–Kier alpha value is -1.02. The highest BCUT2D eigenvalue weighted by atomic mass is 35.5. The minimum atomic E-state index is 0.348. The lowest BCUT2D eigenvalue weighted by Crippen LogP contribution is -2.14. The minimum absolute atomic E-state index is 0.348. The van der Waals surface area contributed by atoms with Crippen LogP contribution in [0.15, 0.2) is 35.4 Å². The first kappa shape index (κ1) is 10.5. The number of nitrogens with one attached hydrogen (secondary N) is 1. The summed E-state index contributed by atoms with van der Waals surface area (Å²) in [7, 11) is 0. The molecule has 15 heavy (non-hydrogen) atoms. The number of hydrogen-bond acceptors (Lipinski definition) is 2. The zero-order valence-corrected chi connectivity index (χ0v) is 9.37. The van der Waals surface area contributed by atoms with Gasteiger partial charge >= 0.3 is 0 Å². The molecule has 0 spiro atoms. The number of rotatable bonds is 2. The predicted molar refractivity (Wildman–Crippen MR) is 65.6 cm³/mol. The van der Waals surface area contributed by atoms with Gasteiger partial charge in [0, 0.05) is 11.1 Å². The summed E-state index contributed by atoms with van der Waals surface area (Å²) in [6.45, 7) is 0. The molecule has 1 aromatic rings. The van der Waals surface area contributed by atoms with Crippen LogP contribution in [0.5, 0.6) is 0 Å². The molecular weight excluding hydrogens is 208 g/mol. The van der Waals surface area contributed by atoms with Gasteiger partial charge in [0.25, 0.3) is 0 Å². The van der Waals surface area contributed by atoms with Crippen molar-refractivity contribution in [2.75, 3.05) is 5.43 Å². The number of para-hydroxylation sites is 1. The SMILES string of the molecule is ClC1CCC(=NNc2ccccc2)CC1. The van der Waals surface area contributed by atoms with Crippen LogP contribution < -0.4 is 5.43 Å². The van der Waals surface area contributed by atoms with Gasteiger partial charge in [-0.1, -0.05) is 18.2 Å². The van der Waals surface area contributed by atoms with E-state index in [1.807, 2.05) is 30.3 Å². The molecule has 0 heterocycles. The van der Waals surface area contributed by atoms with Gasteiger partial charge < -0.3 is 0 Å². The molecule has 0 radical (unpaired) electrons. The summed E-state index contributed by atoms with van der Waals surface area (Å²) in [5.41, 5.74) is 5.35. The quantitative estimate of drug-likeness (QED) is 0.600. The van der Waals surface area contributed by atoms with E-state index in [1.165, 1.54) is 5.71 Å². The molecule has 0 amide bonds. The van der Waals surface area contributed by atoms with Crippen molar-refractivity contribution in [1.82, 2.24) is 0 Å². The van der Waals surface area contributed by atoms with Crippen molar-refractivity contribution < 1.29 is 0 Å². The van der Waals surface area contributed by atoms with Crippen LogP contribution in [0.2, 0.25) is 0 Å². The predicted octanol–water partition coefficient (Wildman–Crippen LogP) is 3.64. The van der Waals surface area contributed by atoms with Crippen molar-refractivity contribution in [3.63, 3.8) is 0 Å². The van der Waals surface area contributed by atoms with Crippen molar-refractivity contribution in [2.45, 2.75) is 31.1 Å². The average Bonchev–Trinajstić information content (AvgIpc) is 2.30. The zero-order chi connectivity index (χ0) is 10.5. The first-order valence-corrected chi connectivity index (χ1v) is 5.79. The van der Waals surface area contributed by atoms with Crippen molar-refractivity contribution in [2.24, 2.45) is 5.10 Å². The van der Waals surface area contributed by atoms with E-state index in [4.69, 9.17) is 11.6 Å². The topological polar surface area (TPSA) is 24.4 Å². The molecule has 1 saturated carbocycles. The standard InChI is InChI=1S/C12H15ClN2/c13-10-6-8-12(9-7-10)15-14-11-4-2-1-3-5-11/h1-5,10,14H,6-9H2. The van der Waals surface area contributed by atoms with Gasteiger partial charge in [-0.2, -0.15) is 5.10 Å². The first-order valence-electron chi connectivity index (χ1n) is 5.35. The number of benzene rings is 1. The second kappa shape index (κ2) is 5.17. The Morgan fingerprint density at radius 2 is 1.80 bits per heavy atom. The third-order valence-corrected chi connectivity index (χ3v) is 3.05. The third kappa shape index (κ3) is 3.24. The van der Waals surface area contributed by atoms with E-state index in [-0.39, 0.29) is 0 Å². The maximum Gasteiger partial charge on any atom is 0.0561 e. The van der Waals surface area contributed by atoms with E-state index >= 15 is 0 Å². The Kier molecular flexibility index (Phi) is 3.62. The molecule has 0 aliphatic heterocycles. The van der Waals surface area contributed by atoms with Crippen LogP contribution in [-0.2, 0) is 0 Å². The van der Waals surface area contributed by atoms with Crippen LogP contribution in [0.3, 0.4) is 0 Å². The fourth-order valence-corrected chi connectivity index (χ4v) is 1.90. The summed E-state index contributed by atoms with van der Waals surface area (Å²) < 4.78 is 0. The molecule has 0 aromatic heterocycles. The van der Waals surface area contributed by atoms with E-state index < -0.39 is 0 Å². The molecule has 0 saturated heterocycles. The van der Waals surface area contributed by atoms with Gasteiger partial charge in [-0.3, -0.25) is 5.43 Å². The molecule has 1 aromatic carbocycles. The second-order valence-electron chi connectivity index (χ2n) is 3.83. The van der Waals surface area contributed by atoms with E-state index in [0.717, 1.165) is 31.4 Å². The van der Waals surface area contributed by atoms with Crippen molar-refractivity contribution >= 4 is 23.0 Å². The molecule has 0 unspecified atom stereocenters. The monoisotopic (exact) mass is 222 g/mol. The number of halogens is 1. The lowest BCUT2D eigenvalue weighted by Gasteiger charge is -2.17. The molecule has 1 fully saturated rings. The highest BCUT2D eigenvalue weighted by Gasteiger charge is 2.14. The molecular formula is C12H15ClN2. The number of nitrogens with zero attached hydrogens (tertiary/aromatic N) is 1. The van der Waals surface area contributed by atoms with E-state index in [2.05, 4.69) is 10.5 Å². The molecule has 80 valence electrons. The molecule has 3 heteroatoms. The van der Waals surface area contributed by atoms with Gasteiger partial charge in [0.05, 0.1) is 5.69 Å². The lowest BCUT2D eigenvalue weighted by atomic mass is 9.98. The Balaban J connectivity index is 1.89. The van der Waals surface area contributed by atoms with E-state index in [9.17, 15) is 0 Å². The van der Waals surface area contributed by atoms with Crippen LogP contribution in [-0.4, -0.2) is 11.1 Å². The van der Waals surface area contributed by atoms with Gasteiger partial charge in [-0.25, -0.2) is 0 Å². The van der Waals surface area contributed by atoms with Crippen LogP contribution in [0.4, 0.5) is 5.69 Å². The smallest absolute Gasteiger partial charge is 0.0561 e. The largest absolute Gasteiger partial charge is 0.279 e. The average molecular weight is 223 g/mol. The van der Waals surface area contributed by atoms with Crippen LogP contribution in [0.25, 0.3) is 0 Å². The second-order valence-corrected chi connectivity index (χ2v) is 4.45. The van der Waals surface area contributed by atoms with Gasteiger partial charge in [-0.15, -0.1) is 11.6 Å². The lowest BCUT2D eigenvalue weighted by molar-refractivity contribution is 0.674. The first-order chi connectivity index (χ1) is 7.34. The van der Waals surface area contributed by atoms with Gasteiger partial charge in [-0.05, 0) is 37.8 Å². The summed E-state index contributed by atoms with van der Waals surface area (Å²) in [4.78, 5) is 0. The molecule has 0 bridgehead atoms. The summed E-state index contributed by atoms with van der Waals surface area (Å²) in [6, 6.07) is 10.0. The molecule has 1 aliphatic carbocycles. The highest BCUT2D eigenvalue weighted by Crippen LogP contribution is 2.20. The Bertz CT molecular complexity index is 325. The summed E-state index contributed by atoms with van der Waals surface area (Å²) in [6.07, 6.45) is 4.15. The summed E-state index contributed by atoms with van der Waals surface area (Å²) >= 11 is 6.02. The number of hydrazone groups is 1. The molecule has 1 aliphatic rings. The zero-order valence-electron chi connectivity index (χ0n) is 8.62. The van der Waals surface area contributed by atoms with E-state index in [0.29, 0.717) is 5.38 Å². The van der Waals surface area contributed by atoms with Crippen molar-refractivity contribution in [3.05, 3.63) is 30.3 Å². The van der Waals surface area contributed by atoms with Gasteiger partial charge in [0.15, 0.2) is 0 Å². The Labute approximate surface area is 95.3 Å². The maximum atomic E-state index is 6.02. The van der Waals surface area contributed by atoms with E-state index in [1.54, 1.807) is 0 Å². The number of anilines is 1. The fourth-order valence-electron chi connectivity index (χ4n) is 1.68. The van der Waals surface area contributed by atoms with Crippen LogP contribution in [0.1, 0.15) is 25.7 Å². The molecule has 2 rings (SSSR count). The molecule has 2 nitrogen and oxygen atoms in total.